The first kappa shape index (κ1) is 19.6. The highest BCUT2D eigenvalue weighted by Crippen LogP contribution is 2.24. The highest BCUT2D eigenvalue weighted by molar-refractivity contribution is 7.15. The van der Waals surface area contributed by atoms with Gasteiger partial charge in [-0.1, -0.05) is 31.2 Å². The fourth-order valence-electron chi connectivity index (χ4n) is 2.65. The molecule has 0 unspecified atom stereocenters. The van der Waals surface area contributed by atoms with Crippen molar-refractivity contribution < 1.29 is 19.5 Å². The van der Waals surface area contributed by atoms with Gasteiger partial charge in [-0.3, -0.25) is 18.8 Å². The first-order valence-electron chi connectivity index (χ1n) is 8.76. The predicted octanol–water partition coefficient (Wildman–Crippen LogP) is 1.48. The van der Waals surface area contributed by atoms with Crippen molar-refractivity contribution in [2.75, 3.05) is 13.1 Å². The van der Waals surface area contributed by atoms with Gasteiger partial charge in [0.05, 0.1) is 18.7 Å². The molecule has 0 saturated heterocycles. The van der Waals surface area contributed by atoms with E-state index in [2.05, 4.69) is 34.7 Å². The second-order valence-electron chi connectivity index (χ2n) is 6.18. The Bertz CT molecular complexity index is 1010. The van der Waals surface area contributed by atoms with Crippen LogP contribution < -0.4 is 10.6 Å². The standard InChI is InChI=1S/C19H20N4O4S/c1-2-12-3-5-13(6-4-12)15-10-23-14(11-28-19(23)22-15)7-16(24)20-8-17(25)21-9-18(26)27/h3-6,10-11H,2,7-9H2,1H3,(H,20,24)(H,21,25)(H,26,27). The smallest absolute Gasteiger partial charge is 0.322 e. The minimum atomic E-state index is -1.14. The number of amides is 2. The highest BCUT2D eigenvalue weighted by atomic mass is 32.1. The number of aliphatic carboxylic acids is 1. The van der Waals surface area contributed by atoms with Crippen molar-refractivity contribution in [2.24, 2.45) is 0 Å². The van der Waals surface area contributed by atoms with Gasteiger partial charge in [0.2, 0.25) is 11.8 Å². The van der Waals surface area contributed by atoms with Crippen LogP contribution in [0, 0.1) is 0 Å². The number of carboxylic acids is 1. The molecule has 0 spiro atoms. The fraction of sp³-hybridized carbons (Fsp3) is 0.263. The molecule has 8 nitrogen and oxygen atoms in total. The molecular weight excluding hydrogens is 380 g/mol. The van der Waals surface area contributed by atoms with Crippen molar-refractivity contribution in [1.82, 2.24) is 20.0 Å². The molecule has 1 aromatic carbocycles. The zero-order valence-corrected chi connectivity index (χ0v) is 16.1. The van der Waals surface area contributed by atoms with E-state index in [4.69, 9.17) is 5.11 Å². The maximum Gasteiger partial charge on any atom is 0.322 e. The molecule has 0 fully saturated rings. The van der Waals surface area contributed by atoms with Crippen LogP contribution in [0.25, 0.3) is 16.2 Å². The Morgan fingerprint density at radius 1 is 1.11 bits per heavy atom. The van der Waals surface area contributed by atoms with Crippen molar-refractivity contribution in [3.05, 3.63) is 47.1 Å². The van der Waals surface area contributed by atoms with Gasteiger partial charge >= 0.3 is 5.97 Å². The summed E-state index contributed by atoms with van der Waals surface area (Å²) in [6, 6.07) is 8.22. The van der Waals surface area contributed by atoms with Crippen molar-refractivity contribution in [1.29, 1.82) is 0 Å². The lowest BCUT2D eigenvalue weighted by Crippen LogP contribution is -2.39. The minimum Gasteiger partial charge on any atom is -0.480 e. The SMILES string of the molecule is CCc1ccc(-c2cn3c(CC(=O)NCC(=O)NCC(=O)O)csc3n2)cc1. The van der Waals surface area contributed by atoms with Crippen molar-refractivity contribution in [2.45, 2.75) is 19.8 Å². The van der Waals surface area contributed by atoms with E-state index < -0.39 is 18.4 Å². The van der Waals surface area contributed by atoms with Crippen LogP contribution in [0.1, 0.15) is 18.2 Å². The van der Waals surface area contributed by atoms with Crippen LogP contribution in [0.3, 0.4) is 0 Å². The van der Waals surface area contributed by atoms with Gasteiger partial charge in [-0.15, -0.1) is 11.3 Å². The number of benzene rings is 1. The van der Waals surface area contributed by atoms with Crippen LogP contribution in [0.5, 0.6) is 0 Å². The maximum absolute atomic E-state index is 12.1. The Morgan fingerprint density at radius 3 is 2.50 bits per heavy atom. The lowest BCUT2D eigenvalue weighted by molar-refractivity contribution is -0.137. The van der Waals surface area contributed by atoms with Gasteiger partial charge in [0.15, 0.2) is 4.96 Å². The van der Waals surface area contributed by atoms with E-state index in [0.717, 1.165) is 28.3 Å². The number of rotatable bonds is 8. The molecule has 3 aromatic rings. The van der Waals surface area contributed by atoms with Crippen molar-refractivity contribution in [3.63, 3.8) is 0 Å². The van der Waals surface area contributed by atoms with Crippen LogP contribution in [0.2, 0.25) is 0 Å². The zero-order valence-electron chi connectivity index (χ0n) is 15.3. The van der Waals surface area contributed by atoms with Crippen molar-refractivity contribution >= 4 is 34.1 Å². The van der Waals surface area contributed by atoms with E-state index >= 15 is 0 Å². The summed E-state index contributed by atoms with van der Waals surface area (Å²) >= 11 is 1.44. The number of imidazole rings is 1. The molecule has 0 atom stereocenters. The third kappa shape index (κ3) is 4.74. The van der Waals surface area contributed by atoms with Gasteiger partial charge in [0.1, 0.15) is 6.54 Å². The number of aromatic nitrogens is 2. The molecule has 2 amide bonds. The lowest BCUT2D eigenvalue weighted by atomic mass is 10.1. The predicted molar refractivity (Wildman–Crippen MR) is 105 cm³/mol. The number of carboxylic acid groups (broad SMARTS) is 1. The van der Waals surface area contributed by atoms with Crippen LogP contribution in [0.4, 0.5) is 0 Å². The van der Waals surface area contributed by atoms with E-state index in [0.29, 0.717) is 0 Å². The number of aryl methyl sites for hydroxylation is 1. The Hall–Kier alpha value is -3.20. The van der Waals surface area contributed by atoms with Gasteiger partial charge in [0, 0.05) is 22.8 Å². The number of nitrogens with zero attached hydrogens (tertiary/aromatic N) is 2. The number of carbonyl (C=O) groups excluding carboxylic acids is 2. The lowest BCUT2D eigenvalue weighted by Gasteiger charge is -2.05. The third-order valence-corrected chi connectivity index (χ3v) is 5.05. The number of hydrogen-bond donors (Lipinski definition) is 3. The van der Waals surface area contributed by atoms with E-state index in [1.54, 1.807) is 0 Å². The minimum absolute atomic E-state index is 0.0940. The summed E-state index contributed by atoms with van der Waals surface area (Å²) in [6.07, 6.45) is 2.97. The summed E-state index contributed by atoms with van der Waals surface area (Å²) in [5, 5.41) is 15.0. The van der Waals surface area contributed by atoms with E-state index in [-0.39, 0.29) is 18.9 Å². The molecule has 0 radical (unpaired) electrons. The van der Waals surface area contributed by atoms with E-state index in [1.807, 2.05) is 28.1 Å². The maximum atomic E-state index is 12.1. The number of thiazole rings is 1. The number of carbonyl (C=O) groups is 3. The Balaban J connectivity index is 1.63. The topological polar surface area (TPSA) is 113 Å². The normalized spacial score (nSPS) is 10.8. The van der Waals surface area contributed by atoms with E-state index in [1.165, 1.54) is 16.9 Å². The molecule has 0 bridgehead atoms. The summed E-state index contributed by atoms with van der Waals surface area (Å²) in [5.74, 6) is -2.01. The van der Waals surface area contributed by atoms with Gasteiger partial charge < -0.3 is 15.7 Å². The van der Waals surface area contributed by atoms with Crippen LogP contribution in [-0.4, -0.2) is 45.4 Å². The zero-order chi connectivity index (χ0) is 20.1. The Labute approximate surface area is 165 Å². The van der Waals surface area contributed by atoms with Gasteiger partial charge in [-0.25, -0.2) is 4.98 Å². The highest BCUT2D eigenvalue weighted by Gasteiger charge is 2.13. The molecular formula is C19H20N4O4S. The molecule has 0 aliphatic carbocycles. The Kier molecular flexibility index (Phi) is 6.05. The summed E-state index contributed by atoms with van der Waals surface area (Å²) in [4.78, 5) is 39.4. The summed E-state index contributed by atoms with van der Waals surface area (Å²) in [5.41, 5.74) is 3.88. The third-order valence-electron chi connectivity index (χ3n) is 4.17. The second-order valence-corrected chi connectivity index (χ2v) is 7.02. The van der Waals surface area contributed by atoms with Crippen molar-refractivity contribution in [3.8, 4) is 11.3 Å². The molecule has 2 heterocycles. The summed E-state index contributed by atoms with van der Waals surface area (Å²) in [6.45, 7) is 1.37. The average Bonchev–Trinajstić information content (AvgIpc) is 3.27. The largest absolute Gasteiger partial charge is 0.480 e. The first-order chi connectivity index (χ1) is 13.5. The summed E-state index contributed by atoms with van der Waals surface area (Å²) < 4.78 is 1.87. The first-order valence-corrected chi connectivity index (χ1v) is 9.64. The van der Waals surface area contributed by atoms with Crippen LogP contribution >= 0.6 is 11.3 Å². The molecule has 9 heteroatoms. The molecule has 3 N–H and O–H groups in total. The molecule has 3 rings (SSSR count). The summed E-state index contributed by atoms with van der Waals surface area (Å²) in [7, 11) is 0. The molecule has 28 heavy (non-hydrogen) atoms. The number of nitrogens with one attached hydrogen (secondary N) is 2. The van der Waals surface area contributed by atoms with E-state index in [9.17, 15) is 14.4 Å². The van der Waals surface area contributed by atoms with Crippen LogP contribution in [-0.2, 0) is 27.2 Å². The monoisotopic (exact) mass is 400 g/mol. The number of fused-ring (bicyclic) bond motifs is 1. The molecule has 0 aliphatic rings. The average molecular weight is 400 g/mol. The molecule has 0 aliphatic heterocycles. The molecule has 2 aromatic heterocycles. The number of hydrogen-bond acceptors (Lipinski definition) is 5. The van der Waals surface area contributed by atoms with Gasteiger partial charge in [-0.2, -0.15) is 0 Å². The van der Waals surface area contributed by atoms with Crippen LogP contribution in [0.15, 0.2) is 35.8 Å². The quantitative estimate of drug-likeness (QED) is 0.530. The molecule has 0 saturated carbocycles. The Morgan fingerprint density at radius 2 is 1.82 bits per heavy atom. The second kappa shape index (κ2) is 8.66. The van der Waals surface area contributed by atoms with Gasteiger partial charge in [0.25, 0.3) is 0 Å². The molecule has 146 valence electrons. The van der Waals surface area contributed by atoms with Gasteiger partial charge in [-0.05, 0) is 12.0 Å². The fourth-order valence-corrected chi connectivity index (χ4v) is 3.52.